The molecule has 2 aliphatic rings. The Bertz CT molecular complexity index is 462. The van der Waals surface area contributed by atoms with Crippen molar-refractivity contribution in [3.8, 4) is 11.5 Å². The van der Waals surface area contributed by atoms with Crippen molar-refractivity contribution in [2.24, 2.45) is 0 Å². The van der Waals surface area contributed by atoms with Crippen LogP contribution in [0.15, 0.2) is 48.5 Å². The van der Waals surface area contributed by atoms with E-state index in [1.54, 1.807) is 11.1 Å². The van der Waals surface area contributed by atoms with Crippen molar-refractivity contribution in [2.45, 2.75) is 68.2 Å². The van der Waals surface area contributed by atoms with Gasteiger partial charge in [0.15, 0.2) is 11.5 Å². The molecule has 0 spiro atoms. The van der Waals surface area contributed by atoms with Gasteiger partial charge in [-0.1, -0.05) is 78.9 Å². The maximum Gasteiger partial charge on any atom is 0.161 e. The molecule has 26 heavy (non-hydrogen) atoms. The molecule has 0 amide bonds. The number of hydrogen-bond acceptors (Lipinski definition) is 2. The van der Waals surface area contributed by atoms with Crippen molar-refractivity contribution in [1.29, 1.82) is 0 Å². The van der Waals surface area contributed by atoms with E-state index in [-0.39, 0.29) is 14.9 Å². The van der Waals surface area contributed by atoms with Crippen molar-refractivity contribution in [1.82, 2.24) is 0 Å². The Morgan fingerprint density at radius 2 is 0.923 bits per heavy atom. The zero-order chi connectivity index (χ0) is 17.6. The maximum atomic E-state index is 5.30. The summed E-state index contributed by atoms with van der Waals surface area (Å²) in [5.41, 5.74) is 3.16. The average Bonchev–Trinajstić information content (AvgIpc) is 2.72. The molecule has 0 atom stereocenters. The Morgan fingerprint density at radius 3 is 1.31 bits per heavy atom. The van der Waals surface area contributed by atoms with E-state index in [4.69, 9.17) is 9.47 Å². The number of para-hydroxylation sites is 2. The minimum atomic E-state index is 0. The highest BCUT2D eigenvalue weighted by molar-refractivity contribution is 5.40. The summed E-state index contributed by atoms with van der Waals surface area (Å²) >= 11 is 0. The van der Waals surface area contributed by atoms with E-state index in [0.717, 1.165) is 11.5 Å². The van der Waals surface area contributed by atoms with Crippen LogP contribution in [0.5, 0.6) is 11.5 Å². The van der Waals surface area contributed by atoms with Gasteiger partial charge in [0.25, 0.3) is 0 Å². The molecule has 1 aliphatic heterocycles. The SMILES string of the molecule is C.C.CC.CC.c1ccc2c(c1)CCCC2.c1ccc2c(c1)OCCO2. The second-order valence-corrected chi connectivity index (χ2v) is 5.12. The summed E-state index contributed by atoms with van der Waals surface area (Å²) in [7, 11) is 0. The third-order valence-corrected chi connectivity index (χ3v) is 3.71. The molecule has 0 unspecified atom stereocenters. The minimum absolute atomic E-state index is 0. The smallest absolute Gasteiger partial charge is 0.161 e. The van der Waals surface area contributed by atoms with Crippen LogP contribution >= 0.6 is 0 Å². The lowest BCUT2D eigenvalue weighted by Gasteiger charge is -2.17. The second kappa shape index (κ2) is 16.5. The summed E-state index contributed by atoms with van der Waals surface area (Å²) in [6, 6.07) is 16.5. The van der Waals surface area contributed by atoms with Gasteiger partial charge in [-0.2, -0.15) is 0 Å². The maximum absolute atomic E-state index is 5.30. The molecular weight excluding hydrogens is 320 g/mol. The van der Waals surface area contributed by atoms with Crippen LogP contribution in [-0.4, -0.2) is 13.2 Å². The van der Waals surface area contributed by atoms with Crippen LogP contribution in [0.25, 0.3) is 0 Å². The lowest BCUT2D eigenvalue weighted by Crippen LogP contribution is -2.14. The van der Waals surface area contributed by atoms with Gasteiger partial charge in [0, 0.05) is 0 Å². The first-order valence-electron chi connectivity index (χ1n) is 9.35. The minimum Gasteiger partial charge on any atom is -0.486 e. The highest BCUT2D eigenvalue weighted by Crippen LogP contribution is 2.28. The predicted octanol–water partition coefficient (Wildman–Crippen LogP) is 7.35. The van der Waals surface area contributed by atoms with Gasteiger partial charge in [-0.05, 0) is 48.9 Å². The van der Waals surface area contributed by atoms with Crippen LogP contribution in [0.3, 0.4) is 0 Å². The van der Waals surface area contributed by atoms with Gasteiger partial charge in [0.1, 0.15) is 13.2 Å². The second-order valence-electron chi connectivity index (χ2n) is 5.12. The van der Waals surface area contributed by atoms with Gasteiger partial charge >= 0.3 is 0 Å². The lowest BCUT2D eigenvalue weighted by atomic mass is 9.92. The summed E-state index contributed by atoms with van der Waals surface area (Å²) in [6.07, 6.45) is 5.38. The summed E-state index contributed by atoms with van der Waals surface area (Å²) < 4.78 is 10.6. The Balaban J connectivity index is 0. The van der Waals surface area contributed by atoms with Crippen molar-refractivity contribution < 1.29 is 9.47 Å². The van der Waals surface area contributed by atoms with Crippen LogP contribution in [-0.2, 0) is 12.8 Å². The third-order valence-electron chi connectivity index (χ3n) is 3.71. The molecule has 1 heterocycles. The summed E-state index contributed by atoms with van der Waals surface area (Å²) in [4.78, 5) is 0. The Kier molecular flexibility index (Phi) is 16.7. The lowest BCUT2D eigenvalue weighted by molar-refractivity contribution is 0.171. The Morgan fingerprint density at radius 1 is 0.577 bits per heavy atom. The number of ether oxygens (including phenoxy) is 2. The molecule has 2 heteroatoms. The third kappa shape index (κ3) is 8.42. The van der Waals surface area contributed by atoms with Gasteiger partial charge in [0.2, 0.25) is 0 Å². The zero-order valence-electron chi connectivity index (χ0n) is 15.7. The number of benzene rings is 2. The van der Waals surface area contributed by atoms with Crippen molar-refractivity contribution >= 4 is 0 Å². The summed E-state index contributed by atoms with van der Waals surface area (Å²) in [5, 5.41) is 0. The number of hydrogen-bond donors (Lipinski definition) is 0. The molecule has 0 bridgehead atoms. The largest absolute Gasteiger partial charge is 0.486 e. The van der Waals surface area contributed by atoms with E-state index >= 15 is 0 Å². The van der Waals surface area contributed by atoms with Gasteiger partial charge in [-0.3, -0.25) is 0 Å². The molecule has 0 fully saturated rings. The molecule has 0 saturated carbocycles. The summed E-state index contributed by atoms with van der Waals surface area (Å²) in [5.74, 6) is 1.71. The van der Waals surface area contributed by atoms with Gasteiger partial charge in [-0.25, -0.2) is 0 Å². The van der Waals surface area contributed by atoms with Crippen molar-refractivity contribution in [3.05, 3.63) is 59.7 Å². The predicted molar refractivity (Wildman–Crippen MR) is 117 cm³/mol. The molecule has 0 N–H and O–H groups in total. The molecule has 2 aromatic carbocycles. The first-order valence-corrected chi connectivity index (χ1v) is 9.35. The quantitative estimate of drug-likeness (QED) is 0.489. The fourth-order valence-corrected chi connectivity index (χ4v) is 2.67. The molecule has 148 valence electrons. The van der Waals surface area contributed by atoms with Crippen LogP contribution < -0.4 is 9.47 Å². The average molecular weight is 361 g/mol. The monoisotopic (exact) mass is 360 g/mol. The van der Waals surface area contributed by atoms with Crippen molar-refractivity contribution in [2.75, 3.05) is 13.2 Å². The number of fused-ring (bicyclic) bond motifs is 2. The molecule has 0 aromatic heterocycles. The highest BCUT2D eigenvalue weighted by Gasteiger charge is 2.08. The molecule has 2 aromatic rings. The summed E-state index contributed by atoms with van der Waals surface area (Å²) in [6.45, 7) is 9.33. The Labute approximate surface area is 162 Å². The highest BCUT2D eigenvalue weighted by atomic mass is 16.6. The van der Waals surface area contributed by atoms with Gasteiger partial charge in [0.05, 0.1) is 0 Å². The van der Waals surface area contributed by atoms with Crippen LogP contribution in [0.2, 0.25) is 0 Å². The van der Waals surface area contributed by atoms with E-state index in [9.17, 15) is 0 Å². The first-order chi connectivity index (χ1) is 11.9. The fourth-order valence-electron chi connectivity index (χ4n) is 2.67. The van der Waals surface area contributed by atoms with Crippen LogP contribution in [0, 0.1) is 0 Å². The Hall–Kier alpha value is -1.96. The van der Waals surface area contributed by atoms with Gasteiger partial charge < -0.3 is 9.47 Å². The molecule has 4 rings (SSSR count). The van der Waals surface area contributed by atoms with Crippen LogP contribution in [0.4, 0.5) is 0 Å². The van der Waals surface area contributed by atoms with Crippen molar-refractivity contribution in [3.63, 3.8) is 0 Å². The molecule has 0 saturated heterocycles. The molecule has 0 radical (unpaired) electrons. The van der Waals surface area contributed by atoms with E-state index in [1.807, 2.05) is 52.0 Å². The number of rotatable bonds is 0. The van der Waals surface area contributed by atoms with E-state index < -0.39 is 0 Å². The van der Waals surface area contributed by atoms with Gasteiger partial charge in [-0.15, -0.1) is 0 Å². The van der Waals surface area contributed by atoms with E-state index in [0.29, 0.717) is 13.2 Å². The molecule has 2 nitrogen and oxygen atoms in total. The van der Waals surface area contributed by atoms with E-state index in [1.165, 1.54) is 25.7 Å². The topological polar surface area (TPSA) is 18.5 Å². The zero-order valence-corrected chi connectivity index (χ0v) is 15.7. The molecule has 1 aliphatic carbocycles. The van der Waals surface area contributed by atoms with E-state index in [2.05, 4.69) is 24.3 Å². The first kappa shape index (κ1) is 26.3. The van der Waals surface area contributed by atoms with Crippen LogP contribution in [0.1, 0.15) is 66.5 Å². The molecular formula is C24H40O2. The fraction of sp³-hybridized carbons (Fsp3) is 0.500. The standard InChI is InChI=1S/C10H12.C8H8O2.2C2H6.2CH4/c1-2-6-10-8-4-3-7-9(10)5-1;1-2-4-8-7(3-1)9-5-6-10-8;2*1-2;;/h1-2,5-6H,3-4,7-8H2;1-4H,5-6H2;2*1-2H3;2*1H4. The number of aryl methyl sites for hydroxylation is 2. The normalized spacial score (nSPS) is 12.5.